The smallest absolute Gasteiger partial charge is 0.384 e. The third-order valence-corrected chi connectivity index (χ3v) is 1.93. The molecule has 16 heavy (non-hydrogen) atoms. The lowest BCUT2D eigenvalue weighted by Gasteiger charge is -2.01. The van der Waals surface area contributed by atoms with Crippen LogP contribution in [0.15, 0.2) is 18.2 Å². The number of hydrogen-bond donors (Lipinski definition) is 1. The normalized spacial score (nSPS) is 8.88. The molecule has 0 fully saturated rings. The van der Waals surface area contributed by atoms with Gasteiger partial charge in [0.2, 0.25) is 0 Å². The number of anilines is 1. The van der Waals surface area contributed by atoms with Crippen LogP contribution >= 0.6 is 0 Å². The zero-order chi connectivity index (χ0) is 12.1. The van der Waals surface area contributed by atoms with Crippen LogP contribution in [0.25, 0.3) is 0 Å². The van der Waals surface area contributed by atoms with Gasteiger partial charge in [-0.15, -0.1) is 0 Å². The van der Waals surface area contributed by atoms with Gasteiger partial charge >= 0.3 is 5.97 Å². The molecule has 4 heteroatoms. The first-order valence-corrected chi connectivity index (χ1v) is 4.55. The summed E-state index contributed by atoms with van der Waals surface area (Å²) in [6, 6.07) is 4.77. The number of nitrogen functional groups attached to an aromatic ring is 1. The van der Waals surface area contributed by atoms with Crippen molar-refractivity contribution in [3.05, 3.63) is 29.3 Å². The van der Waals surface area contributed by atoms with Crippen molar-refractivity contribution in [2.45, 2.75) is 6.92 Å². The van der Waals surface area contributed by atoms with Crippen LogP contribution in [-0.2, 0) is 9.53 Å². The minimum absolute atomic E-state index is 0.140. The van der Waals surface area contributed by atoms with Crippen LogP contribution in [0.5, 0.6) is 0 Å². The fourth-order valence-electron chi connectivity index (χ4n) is 1.11. The maximum Gasteiger partial charge on any atom is 0.384 e. The zero-order valence-corrected chi connectivity index (χ0v) is 9.03. The molecule has 0 unspecified atom stereocenters. The van der Waals surface area contributed by atoms with Gasteiger partial charge in [-0.25, -0.2) is 4.79 Å². The summed E-state index contributed by atoms with van der Waals surface area (Å²) in [6.45, 7) is 1.42. The average Bonchev–Trinajstić information content (AvgIpc) is 2.27. The van der Waals surface area contributed by atoms with Gasteiger partial charge < -0.3 is 10.5 Å². The molecule has 0 aliphatic rings. The van der Waals surface area contributed by atoms with Gasteiger partial charge in [0.05, 0.1) is 7.11 Å². The lowest BCUT2D eigenvalue weighted by atomic mass is 10.1. The van der Waals surface area contributed by atoms with Crippen molar-refractivity contribution in [2.75, 3.05) is 12.8 Å². The van der Waals surface area contributed by atoms with E-state index in [9.17, 15) is 9.59 Å². The van der Waals surface area contributed by atoms with E-state index in [1.807, 2.05) is 0 Å². The quantitative estimate of drug-likeness (QED) is 0.329. The number of ketones is 1. The summed E-state index contributed by atoms with van der Waals surface area (Å²) in [7, 11) is 1.25. The maximum absolute atomic E-state index is 11.2. The summed E-state index contributed by atoms with van der Waals surface area (Å²) in [4.78, 5) is 22.0. The van der Waals surface area contributed by atoms with Crippen molar-refractivity contribution < 1.29 is 14.3 Å². The SMILES string of the molecule is COC(=O)C#Cc1ccc(N)c(C(C)=O)c1. The highest BCUT2D eigenvalue weighted by atomic mass is 16.5. The molecule has 1 aromatic carbocycles. The lowest BCUT2D eigenvalue weighted by molar-refractivity contribution is -0.133. The molecule has 82 valence electrons. The Labute approximate surface area is 93.4 Å². The van der Waals surface area contributed by atoms with Gasteiger partial charge in [-0.2, -0.15) is 0 Å². The summed E-state index contributed by atoms with van der Waals surface area (Å²) in [5, 5.41) is 0. The van der Waals surface area contributed by atoms with Gasteiger partial charge in [-0.3, -0.25) is 4.79 Å². The number of methoxy groups -OCH3 is 1. The molecule has 0 radical (unpaired) electrons. The molecule has 0 saturated carbocycles. The largest absolute Gasteiger partial charge is 0.459 e. The molecule has 0 aromatic heterocycles. The van der Waals surface area contributed by atoms with E-state index < -0.39 is 5.97 Å². The number of ether oxygens (including phenoxy) is 1. The highest BCUT2D eigenvalue weighted by molar-refractivity contribution is 5.99. The van der Waals surface area contributed by atoms with Gasteiger partial charge in [0.1, 0.15) is 0 Å². The van der Waals surface area contributed by atoms with E-state index in [4.69, 9.17) is 5.73 Å². The van der Waals surface area contributed by atoms with Crippen LogP contribution in [-0.4, -0.2) is 18.9 Å². The lowest BCUT2D eigenvalue weighted by Crippen LogP contribution is -2.00. The summed E-state index contributed by atoms with van der Waals surface area (Å²) in [6.07, 6.45) is 0. The van der Waals surface area contributed by atoms with Gasteiger partial charge in [-0.05, 0) is 25.1 Å². The van der Waals surface area contributed by atoms with Crippen LogP contribution in [0.3, 0.4) is 0 Å². The molecule has 0 spiro atoms. The molecule has 4 nitrogen and oxygen atoms in total. The number of carbonyl (C=O) groups excluding carboxylic acids is 2. The van der Waals surface area contributed by atoms with Gasteiger partial charge in [0.15, 0.2) is 5.78 Å². The standard InChI is InChI=1S/C12H11NO3/c1-8(14)10-7-9(3-5-11(10)13)4-6-12(15)16-2/h3,5,7H,13H2,1-2H3. The summed E-state index contributed by atoms with van der Waals surface area (Å²) >= 11 is 0. The number of hydrogen-bond acceptors (Lipinski definition) is 4. The minimum atomic E-state index is -0.624. The Balaban J connectivity index is 3.07. The summed E-state index contributed by atoms with van der Waals surface area (Å²) in [5.41, 5.74) is 6.96. The molecule has 1 aromatic rings. The van der Waals surface area contributed by atoms with Crippen LogP contribution in [0.1, 0.15) is 22.8 Å². The van der Waals surface area contributed by atoms with E-state index in [0.717, 1.165) is 0 Å². The van der Waals surface area contributed by atoms with Crippen LogP contribution in [0.4, 0.5) is 5.69 Å². The van der Waals surface area contributed by atoms with Crippen LogP contribution in [0, 0.1) is 11.8 Å². The fourth-order valence-corrected chi connectivity index (χ4v) is 1.11. The number of esters is 1. The number of carbonyl (C=O) groups is 2. The van der Waals surface area contributed by atoms with Crippen molar-refractivity contribution in [3.8, 4) is 11.8 Å². The molecular weight excluding hydrogens is 206 g/mol. The van der Waals surface area contributed by atoms with Gasteiger partial charge in [0, 0.05) is 22.7 Å². The highest BCUT2D eigenvalue weighted by Gasteiger charge is 2.04. The Morgan fingerprint density at radius 1 is 1.38 bits per heavy atom. The second kappa shape index (κ2) is 4.99. The molecule has 1 rings (SSSR count). The number of rotatable bonds is 1. The molecule has 0 saturated heterocycles. The monoisotopic (exact) mass is 217 g/mol. The molecule has 0 amide bonds. The predicted molar refractivity (Wildman–Crippen MR) is 59.8 cm³/mol. The van der Waals surface area contributed by atoms with E-state index >= 15 is 0 Å². The zero-order valence-electron chi connectivity index (χ0n) is 9.03. The Morgan fingerprint density at radius 3 is 2.62 bits per heavy atom. The first-order chi connectivity index (χ1) is 7.54. The minimum Gasteiger partial charge on any atom is -0.459 e. The molecule has 0 aliphatic carbocycles. The molecule has 2 N–H and O–H groups in total. The van der Waals surface area contributed by atoms with E-state index in [-0.39, 0.29) is 5.78 Å². The van der Waals surface area contributed by atoms with Gasteiger partial charge in [0.25, 0.3) is 0 Å². The van der Waals surface area contributed by atoms with E-state index in [1.54, 1.807) is 18.2 Å². The molecule has 0 heterocycles. The summed E-state index contributed by atoms with van der Waals surface area (Å²) in [5.74, 6) is 4.09. The van der Waals surface area contributed by atoms with Crippen LogP contribution < -0.4 is 5.73 Å². The Kier molecular flexibility index (Phi) is 3.67. The summed E-state index contributed by atoms with van der Waals surface area (Å²) < 4.78 is 4.37. The van der Waals surface area contributed by atoms with E-state index in [0.29, 0.717) is 16.8 Å². The van der Waals surface area contributed by atoms with Gasteiger partial charge in [-0.1, -0.05) is 5.92 Å². The molecule has 0 atom stereocenters. The molecule has 0 aliphatic heterocycles. The average molecular weight is 217 g/mol. The number of nitrogens with two attached hydrogens (primary N) is 1. The first kappa shape index (κ1) is 11.8. The topological polar surface area (TPSA) is 69.4 Å². The van der Waals surface area contributed by atoms with Crippen LogP contribution in [0.2, 0.25) is 0 Å². The number of Topliss-reactive ketones (excluding diaryl/α,β-unsaturated/α-hetero) is 1. The Bertz CT molecular complexity index is 495. The first-order valence-electron chi connectivity index (χ1n) is 4.55. The second-order valence-electron chi connectivity index (χ2n) is 3.10. The molecular formula is C12H11NO3. The Hall–Kier alpha value is -2.28. The van der Waals surface area contributed by atoms with Crippen molar-refractivity contribution in [2.24, 2.45) is 0 Å². The Morgan fingerprint density at radius 2 is 2.06 bits per heavy atom. The number of benzene rings is 1. The third kappa shape index (κ3) is 2.85. The van der Waals surface area contributed by atoms with Crippen molar-refractivity contribution >= 4 is 17.4 Å². The van der Waals surface area contributed by atoms with Crippen molar-refractivity contribution in [1.82, 2.24) is 0 Å². The van der Waals surface area contributed by atoms with E-state index in [2.05, 4.69) is 16.6 Å². The second-order valence-corrected chi connectivity index (χ2v) is 3.10. The predicted octanol–water partition coefficient (Wildman–Crippen LogP) is 0.996. The maximum atomic E-state index is 11.2. The molecule has 0 bridgehead atoms. The van der Waals surface area contributed by atoms with Crippen molar-refractivity contribution in [3.63, 3.8) is 0 Å². The van der Waals surface area contributed by atoms with Crippen molar-refractivity contribution in [1.29, 1.82) is 0 Å². The fraction of sp³-hybridized carbons (Fsp3) is 0.167. The van der Waals surface area contributed by atoms with E-state index in [1.165, 1.54) is 14.0 Å². The highest BCUT2D eigenvalue weighted by Crippen LogP contribution is 2.14. The third-order valence-electron chi connectivity index (χ3n) is 1.93.